The van der Waals surface area contributed by atoms with Crippen LogP contribution in [0.2, 0.25) is 5.02 Å². The number of hydrogen-bond acceptors (Lipinski definition) is 3. The van der Waals surface area contributed by atoms with Crippen LogP contribution in [0.25, 0.3) is 0 Å². The first kappa shape index (κ1) is 14.4. The van der Waals surface area contributed by atoms with E-state index in [1.165, 1.54) is 0 Å². The van der Waals surface area contributed by atoms with Crippen LogP contribution in [0, 0.1) is 6.92 Å². The average Bonchev–Trinajstić information content (AvgIpc) is 2.44. The predicted molar refractivity (Wildman–Crippen MR) is 80.4 cm³/mol. The zero-order chi connectivity index (χ0) is 14.5. The first-order valence-corrected chi connectivity index (χ1v) is 6.50. The minimum absolute atomic E-state index is 0.0395. The van der Waals surface area contributed by atoms with Crippen LogP contribution in [0.4, 0.5) is 5.69 Å². The zero-order valence-corrected chi connectivity index (χ0v) is 11.8. The van der Waals surface area contributed by atoms with E-state index in [9.17, 15) is 4.79 Å². The van der Waals surface area contributed by atoms with Crippen LogP contribution in [-0.4, -0.2) is 12.5 Å². The van der Waals surface area contributed by atoms with Gasteiger partial charge in [-0.25, -0.2) is 0 Å². The van der Waals surface area contributed by atoms with Crippen molar-refractivity contribution < 1.29 is 9.53 Å². The molecule has 0 aliphatic rings. The molecule has 2 aromatic rings. The van der Waals surface area contributed by atoms with Gasteiger partial charge in [-0.05, 0) is 55.0 Å². The second-order valence-corrected chi connectivity index (χ2v) is 4.72. The molecule has 0 radical (unpaired) electrons. The largest absolute Gasteiger partial charge is 0.457 e. The molecule has 0 fully saturated rings. The second-order valence-electron chi connectivity index (χ2n) is 4.29. The highest BCUT2D eigenvalue weighted by molar-refractivity contribution is 6.30. The molecule has 3 N–H and O–H groups in total. The zero-order valence-electron chi connectivity index (χ0n) is 11.0. The number of rotatable bonds is 4. The molecule has 0 saturated carbocycles. The number of anilines is 1. The molecule has 0 heterocycles. The third-order valence-electron chi connectivity index (χ3n) is 2.69. The number of halogens is 1. The Morgan fingerprint density at radius 3 is 2.55 bits per heavy atom. The Morgan fingerprint density at radius 1 is 1.25 bits per heavy atom. The molecule has 0 aliphatic heterocycles. The van der Waals surface area contributed by atoms with Crippen molar-refractivity contribution in [2.24, 2.45) is 5.73 Å². The fourth-order valence-corrected chi connectivity index (χ4v) is 1.90. The topological polar surface area (TPSA) is 64.3 Å². The van der Waals surface area contributed by atoms with Gasteiger partial charge in [-0.3, -0.25) is 4.79 Å². The van der Waals surface area contributed by atoms with E-state index in [0.29, 0.717) is 16.5 Å². The summed E-state index contributed by atoms with van der Waals surface area (Å²) in [7, 11) is 0. The molecule has 4 nitrogen and oxygen atoms in total. The van der Waals surface area contributed by atoms with Gasteiger partial charge in [0.15, 0.2) is 0 Å². The second kappa shape index (κ2) is 6.41. The fraction of sp³-hybridized carbons (Fsp3) is 0.133. The van der Waals surface area contributed by atoms with E-state index in [1.54, 1.807) is 30.3 Å². The summed E-state index contributed by atoms with van der Waals surface area (Å²) in [5, 5.41) is 3.34. The summed E-state index contributed by atoms with van der Waals surface area (Å²) in [6.07, 6.45) is 0. The monoisotopic (exact) mass is 290 g/mol. The van der Waals surface area contributed by atoms with Crippen molar-refractivity contribution in [1.82, 2.24) is 0 Å². The lowest BCUT2D eigenvalue weighted by Crippen LogP contribution is -2.21. The van der Waals surface area contributed by atoms with Crippen LogP contribution in [0.1, 0.15) is 5.56 Å². The number of amides is 1. The highest BCUT2D eigenvalue weighted by atomic mass is 35.5. The molecule has 0 aromatic heterocycles. The van der Waals surface area contributed by atoms with Crippen LogP contribution >= 0.6 is 11.6 Å². The van der Waals surface area contributed by atoms with E-state index in [0.717, 1.165) is 11.3 Å². The Bertz CT molecular complexity index is 612. The molecule has 2 aromatic carbocycles. The standard InChI is InChI=1S/C15H15ClN2O2/c1-10-8-11(16)2-7-14(10)20-13-5-3-12(4-6-13)18-15(19)9-17/h2-8H,9,17H2,1H3,(H,18,19). The molecule has 0 saturated heterocycles. The van der Waals surface area contributed by atoms with Gasteiger partial charge < -0.3 is 15.8 Å². The molecule has 5 heteroatoms. The molecule has 0 spiro atoms. The van der Waals surface area contributed by atoms with Crippen molar-refractivity contribution in [2.75, 3.05) is 11.9 Å². The Morgan fingerprint density at radius 2 is 1.95 bits per heavy atom. The van der Waals surface area contributed by atoms with E-state index < -0.39 is 0 Å². The van der Waals surface area contributed by atoms with Crippen molar-refractivity contribution in [1.29, 1.82) is 0 Å². The van der Waals surface area contributed by atoms with Gasteiger partial charge in [-0.15, -0.1) is 0 Å². The number of aryl methyl sites for hydroxylation is 1. The smallest absolute Gasteiger partial charge is 0.238 e. The normalized spacial score (nSPS) is 10.2. The van der Waals surface area contributed by atoms with Crippen molar-refractivity contribution >= 4 is 23.2 Å². The number of nitrogens with two attached hydrogens (primary N) is 1. The number of benzene rings is 2. The van der Waals surface area contributed by atoms with Gasteiger partial charge in [0.25, 0.3) is 0 Å². The Hall–Kier alpha value is -2.04. The van der Waals surface area contributed by atoms with Gasteiger partial charge in [0.1, 0.15) is 11.5 Å². The van der Waals surface area contributed by atoms with Gasteiger partial charge in [-0.1, -0.05) is 11.6 Å². The Kier molecular flexibility index (Phi) is 4.61. The summed E-state index contributed by atoms with van der Waals surface area (Å²) in [4.78, 5) is 11.2. The predicted octanol–water partition coefficient (Wildman–Crippen LogP) is 3.34. The van der Waals surface area contributed by atoms with Gasteiger partial charge in [-0.2, -0.15) is 0 Å². The summed E-state index contributed by atoms with van der Waals surface area (Å²) in [5.74, 6) is 1.20. The average molecular weight is 291 g/mol. The first-order chi connectivity index (χ1) is 9.58. The highest BCUT2D eigenvalue weighted by Gasteiger charge is 2.03. The molecular formula is C15H15ClN2O2. The third-order valence-corrected chi connectivity index (χ3v) is 2.92. The van der Waals surface area contributed by atoms with E-state index in [2.05, 4.69) is 5.32 Å². The minimum atomic E-state index is -0.229. The van der Waals surface area contributed by atoms with Crippen molar-refractivity contribution in [3.05, 3.63) is 53.1 Å². The summed E-state index contributed by atoms with van der Waals surface area (Å²) in [6.45, 7) is 1.89. The summed E-state index contributed by atoms with van der Waals surface area (Å²) in [6, 6.07) is 12.5. The quantitative estimate of drug-likeness (QED) is 0.908. The van der Waals surface area contributed by atoms with Crippen LogP contribution < -0.4 is 15.8 Å². The van der Waals surface area contributed by atoms with Crippen molar-refractivity contribution in [3.8, 4) is 11.5 Å². The van der Waals surface area contributed by atoms with Crippen LogP contribution in [0.15, 0.2) is 42.5 Å². The number of nitrogens with one attached hydrogen (secondary N) is 1. The van der Waals surface area contributed by atoms with E-state index in [1.807, 2.05) is 19.1 Å². The molecule has 1 amide bonds. The number of hydrogen-bond donors (Lipinski definition) is 2. The van der Waals surface area contributed by atoms with Crippen LogP contribution in [0.3, 0.4) is 0 Å². The lowest BCUT2D eigenvalue weighted by Gasteiger charge is -2.10. The summed E-state index contributed by atoms with van der Waals surface area (Å²) >= 11 is 5.90. The SMILES string of the molecule is Cc1cc(Cl)ccc1Oc1ccc(NC(=O)CN)cc1. The maximum Gasteiger partial charge on any atom is 0.238 e. The first-order valence-electron chi connectivity index (χ1n) is 6.12. The number of carbonyl (C=O) groups is 1. The molecule has 104 valence electrons. The lowest BCUT2D eigenvalue weighted by atomic mass is 10.2. The Labute approximate surface area is 122 Å². The van der Waals surface area contributed by atoms with Crippen LogP contribution in [0.5, 0.6) is 11.5 Å². The molecule has 20 heavy (non-hydrogen) atoms. The molecule has 0 unspecified atom stereocenters. The summed E-state index contributed by atoms with van der Waals surface area (Å²) in [5.41, 5.74) is 6.87. The minimum Gasteiger partial charge on any atom is -0.457 e. The third kappa shape index (κ3) is 3.73. The van der Waals surface area contributed by atoms with Crippen molar-refractivity contribution in [2.45, 2.75) is 6.92 Å². The maximum atomic E-state index is 11.2. The van der Waals surface area contributed by atoms with Gasteiger partial charge in [0, 0.05) is 10.7 Å². The van der Waals surface area contributed by atoms with Crippen LogP contribution in [-0.2, 0) is 4.79 Å². The lowest BCUT2D eigenvalue weighted by molar-refractivity contribution is -0.114. The Balaban J connectivity index is 2.08. The van der Waals surface area contributed by atoms with Gasteiger partial charge in [0.2, 0.25) is 5.91 Å². The number of carbonyl (C=O) groups excluding carboxylic acids is 1. The number of ether oxygens (including phenoxy) is 1. The van der Waals surface area contributed by atoms with Gasteiger partial charge >= 0.3 is 0 Å². The van der Waals surface area contributed by atoms with Crippen molar-refractivity contribution in [3.63, 3.8) is 0 Å². The summed E-state index contributed by atoms with van der Waals surface area (Å²) < 4.78 is 5.75. The molecule has 0 atom stereocenters. The highest BCUT2D eigenvalue weighted by Crippen LogP contribution is 2.27. The van der Waals surface area contributed by atoms with E-state index in [-0.39, 0.29) is 12.5 Å². The fourth-order valence-electron chi connectivity index (χ4n) is 1.67. The molecule has 0 bridgehead atoms. The maximum absolute atomic E-state index is 11.2. The van der Waals surface area contributed by atoms with E-state index >= 15 is 0 Å². The molecular weight excluding hydrogens is 276 g/mol. The molecule has 2 rings (SSSR count). The molecule has 0 aliphatic carbocycles. The van der Waals surface area contributed by atoms with Gasteiger partial charge in [0.05, 0.1) is 6.54 Å². The van der Waals surface area contributed by atoms with E-state index in [4.69, 9.17) is 22.1 Å².